The van der Waals surface area contributed by atoms with Crippen molar-refractivity contribution in [1.29, 1.82) is 0 Å². The monoisotopic (exact) mass is 744 g/mol. The first-order valence-electron chi connectivity index (χ1n) is 21.9. The number of pyridine rings is 1. The number of hydrogen-bond donors (Lipinski definition) is 1. The van der Waals surface area contributed by atoms with Crippen LogP contribution in [0.25, 0.3) is 50.5 Å². The Kier molecular flexibility index (Phi) is 14.0. The van der Waals surface area contributed by atoms with Gasteiger partial charge in [-0.05, 0) is 31.7 Å². The molecule has 7 heteroatoms. The van der Waals surface area contributed by atoms with Crippen LogP contribution in [0, 0.1) is 0 Å². The number of nitrogens with one attached hydrogen (secondary N) is 1. The summed E-state index contributed by atoms with van der Waals surface area (Å²) in [6.07, 6.45) is 21.1. The number of H-pyrrole nitrogens is 1. The fourth-order valence-corrected chi connectivity index (χ4v) is 9.14. The van der Waals surface area contributed by atoms with Crippen LogP contribution in [-0.4, -0.2) is 37.3 Å². The molecule has 0 unspecified atom stereocenters. The molecule has 55 heavy (non-hydrogen) atoms. The minimum absolute atomic E-state index is 0.00988. The maximum absolute atomic E-state index is 15.2. The molecule has 6 rings (SSSR count). The molecule has 0 spiro atoms. The van der Waals surface area contributed by atoms with Crippen LogP contribution in [0.4, 0.5) is 0 Å². The number of hydrogen-bond acceptors (Lipinski definition) is 4. The average molecular weight is 745 g/mol. The van der Waals surface area contributed by atoms with E-state index in [1.807, 2.05) is 47.0 Å². The number of imide groups is 1. The van der Waals surface area contributed by atoms with E-state index in [1.165, 1.54) is 12.8 Å². The number of amides is 2. The van der Waals surface area contributed by atoms with Gasteiger partial charge in [0.2, 0.25) is 0 Å². The quantitative estimate of drug-likeness (QED) is 0.0533. The summed E-state index contributed by atoms with van der Waals surface area (Å²) in [7, 11) is 0. The lowest BCUT2D eigenvalue weighted by molar-refractivity contribution is 0.0518. The second kappa shape index (κ2) is 19.1. The number of nitrogens with zero attached hydrogens (tertiary/aromatic N) is 3. The third kappa shape index (κ3) is 8.32. The standard InChI is InChI=1S/C48H64N4O3/c1-6-10-14-21-27-35(28-22-15-11-7-2)51-33(5)37-31-32-38-40-39(37)41(47(51)54)43-44(50-45(49-43)34-25-19-18-20-26-34)42(40)48(55)52(46(38)53)36(29-23-16-12-8-3)30-24-17-13-9-4/h18-20,25-26,31-32,35-36H,5-17,21-24,27-30H2,1-4H3,(H,49,50). The molecule has 2 amide bonds. The summed E-state index contributed by atoms with van der Waals surface area (Å²) < 4.78 is 1.96. The zero-order valence-corrected chi connectivity index (χ0v) is 34.1. The molecule has 1 N–H and O–H groups in total. The number of carbonyl (C=O) groups is 2. The van der Waals surface area contributed by atoms with Gasteiger partial charge in [0.05, 0.1) is 16.5 Å². The Bertz CT molecular complexity index is 2160. The summed E-state index contributed by atoms with van der Waals surface area (Å²) in [4.78, 5) is 55.4. The number of rotatable bonds is 23. The minimum Gasteiger partial charge on any atom is -0.337 e. The molecule has 0 atom stereocenters. The van der Waals surface area contributed by atoms with Crippen LogP contribution < -0.4 is 10.9 Å². The predicted molar refractivity (Wildman–Crippen MR) is 230 cm³/mol. The van der Waals surface area contributed by atoms with Crippen molar-refractivity contribution in [2.75, 3.05) is 0 Å². The van der Waals surface area contributed by atoms with Crippen molar-refractivity contribution in [2.45, 2.75) is 168 Å². The molecule has 0 saturated carbocycles. The third-order valence-corrected chi connectivity index (χ3v) is 12.2. The third-order valence-electron chi connectivity index (χ3n) is 12.2. The number of aromatic amines is 1. The smallest absolute Gasteiger partial charge is 0.263 e. The van der Waals surface area contributed by atoms with Crippen molar-refractivity contribution in [2.24, 2.45) is 0 Å². The van der Waals surface area contributed by atoms with Crippen LogP contribution in [0.3, 0.4) is 0 Å². The van der Waals surface area contributed by atoms with Gasteiger partial charge in [-0.15, -0.1) is 0 Å². The number of aromatic nitrogens is 3. The first-order chi connectivity index (χ1) is 26.9. The van der Waals surface area contributed by atoms with Gasteiger partial charge in [0, 0.05) is 44.7 Å². The molecular weight excluding hydrogens is 681 g/mol. The summed E-state index contributed by atoms with van der Waals surface area (Å²) in [5.41, 5.74) is 2.72. The molecule has 0 fully saturated rings. The van der Waals surface area contributed by atoms with E-state index >= 15 is 9.59 Å². The topological polar surface area (TPSA) is 88.1 Å². The van der Waals surface area contributed by atoms with Crippen LogP contribution in [0.5, 0.6) is 0 Å². The Morgan fingerprint density at radius 1 is 0.618 bits per heavy atom. The molecule has 0 aliphatic carbocycles. The molecule has 0 bridgehead atoms. The average Bonchev–Trinajstić information content (AvgIpc) is 3.64. The predicted octanol–water partition coefficient (Wildman–Crippen LogP) is 12.2. The number of carbonyl (C=O) groups excluding carboxylic acids is 2. The molecule has 0 radical (unpaired) electrons. The Hall–Kier alpha value is -4.26. The van der Waals surface area contributed by atoms with Gasteiger partial charge >= 0.3 is 0 Å². The molecule has 5 aromatic rings. The van der Waals surface area contributed by atoms with Gasteiger partial charge in [0.25, 0.3) is 17.4 Å². The van der Waals surface area contributed by atoms with Crippen molar-refractivity contribution in [1.82, 2.24) is 19.4 Å². The molecule has 2 aromatic heterocycles. The molecule has 7 nitrogen and oxygen atoms in total. The Labute approximate surface area is 328 Å². The maximum Gasteiger partial charge on any atom is 0.263 e. The van der Waals surface area contributed by atoms with Crippen LogP contribution in [0.2, 0.25) is 0 Å². The van der Waals surface area contributed by atoms with Crippen LogP contribution in [-0.2, 0) is 0 Å². The van der Waals surface area contributed by atoms with Crippen LogP contribution in [0.15, 0.2) is 47.3 Å². The second-order valence-corrected chi connectivity index (χ2v) is 16.1. The summed E-state index contributed by atoms with van der Waals surface area (Å²) in [6, 6.07) is 13.6. The van der Waals surface area contributed by atoms with Gasteiger partial charge < -0.3 is 9.55 Å². The molecule has 1 aliphatic rings. The van der Waals surface area contributed by atoms with Crippen molar-refractivity contribution in [3.05, 3.63) is 69.3 Å². The van der Waals surface area contributed by atoms with Gasteiger partial charge in [-0.2, -0.15) is 0 Å². The van der Waals surface area contributed by atoms with E-state index in [-0.39, 0.29) is 29.5 Å². The maximum atomic E-state index is 15.2. The fraction of sp³-hybridized carbons (Fsp3) is 0.542. The first-order valence-corrected chi connectivity index (χ1v) is 21.9. The highest BCUT2D eigenvalue weighted by molar-refractivity contribution is 6.36. The zero-order chi connectivity index (χ0) is 38.9. The van der Waals surface area contributed by atoms with E-state index in [1.54, 1.807) is 4.90 Å². The lowest BCUT2D eigenvalue weighted by atomic mass is 9.87. The lowest BCUT2D eigenvalue weighted by Crippen LogP contribution is -2.47. The van der Waals surface area contributed by atoms with Crippen molar-refractivity contribution in [3.63, 3.8) is 0 Å². The van der Waals surface area contributed by atoms with Gasteiger partial charge in [-0.1, -0.05) is 173 Å². The van der Waals surface area contributed by atoms with E-state index in [0.717, 1.165) is 127 Å². The van der Waals surface area contributed by atoms with Crippen LogP contribution in [0.1, 0.15) is 183 Å². The Morgan fingerprint density at radius 2 is 1.16 bits per heavy atom. The van der Waals surface area contributed by atoms with Gasteiger partial charge in [-0.25, -0.2) is 4.98 Å². The highest BCUT2D eigenvalue weighted by Crippen LogP contribution is 2.42. The molecular formula is C48H64N4O3. The van der Waals surface area contributed by atoms with E-state index in [9.17, 15) is 4.79 Å². The van der Waals surface area contributed by atoms with Crippen molar-refractivity contribution in [3.8, 4) is 11.4 Å². The molecule has 3 aromatic carbocycles. The van der Waals surface area contributed by atoms with Gasteiger partial charge in [0.15, 0.2) is 0 Å². The Balaban J connectivity index is 1.58. The second-order valence-electron chi connectivity index (χ2n) is 16.1. The van der Waals surface area contributed by atoms with E-state index in [0.29, 0.717) is 49.5 Å². The van der Waals surface area contributed by atoms with Gasteiger partial charge in [0.1, 0.15) is 11.3 Å². The highest BCUT2D eigenvalue weighted by Gasteiger charge is 2.40. The Morgan fingerprint density at radius 3 is 1.71 bits per heavy atom. The lowest BCUT2D eigenvalue weighted by Gasteiger charge is -2.35. The summed E-state index contributed by atoms with van der Waals surface area (Å²) in [6.45, 7) is 13.4. The molecule has 3 heterocycles. The first kappa shape index (κ1) is 40.4. The molecule has 1 aliphatic heterocycles. The summed E-state index contributed by atoms with van der Waals surface area (Å²) in [5, 5.41) is 3.22. The minimum atomic E-state index is -0.293. The largest absolute Gasteiger partial charge is 0.337 e. The van der Waals surface area contributed by atoms with Crippen LogP contribution >= 0.6 is 0 Å². The number of unbranched alkanes of at least 4 members (excludes halogenated alkanes) is 12. The number of benzene rings is 3. The fourth-order valence-electron chi connectivity index (χ4n) is 9.14. The van der Waals surface area contributed by atoms with Crippen molar-refractivity contribution < 1.29 is 9.59 Å². The SMILES string of the molecule is C=c1c2ccc3c4c(c5nc(-c6ccccc6)[nH]c5c(c(=O)n1C(CCCCCC)CCCCCC)c42)C(=O)N(C(CCCCCC)CCCCCC)C3=O. The zero-order valence-electron chi connectivity index (χ0n) is 34.1. The molecule has 294 valence electrons. The summed E-state index contributed by atoms with van der Waals surface area (Å²) >= 11 is 0. The van der Waals surface area contributed by atoms with E-state index in [2.05, 4.69) is 39.3 Å². The van der Waals surface area contributed by atoms with E-state index in [4.69, 9.17) is 4.98 Å². The number of imidazole rings is 1. The number of fused-ring (bicyclic) bond motifs is 3. The van der Waals surface area contributed by atoms with E-state index < -0.39 is 0 Å². The summed E-state index contributed by atoms with van der Waals surface area (Å²) in [5.74, 6) is 0.0562. The highest BCUT2D eigenvalue weighted by atomic mass is 16.2. The molecule has 0 saturated heterocycles. The van der Waals surface area contributed by atoms with Gasteiger partial charge in [-0.3, -0.25) is 19.3 Å². The van der Waals surface area contributed by atoms with Crippen molar-refractivity contribution >= 4 is 51.0 Å². The normalized spacial score (nSPS) is 13.2.